The van der Waals surface area contributed by atoms with Crippen molar-refractivity contribution in [3.63, 3.8) is 0 Å². The number of benzene rings is 1. The molecule has 1 N–H and O–H groups in total. The third-order valence-corrected chi connectivity index (χ3v) is 2.26. The summed E-state index contributed by atoms with van der Waals surface area (Å²) in [5, 5.41) is 0. The van der Waals surface area contributed by atoms with Gasteiger partial charge in [0.25, 0.3) is 0 Å². The number of nitrogens with one attached hydrogen (secondary N) is 1. The van der Waals surface area contributed by atoms with E-state index in [0.29, 0.717) is 6.61 Å². The van der Waals surface area contributed by atoms with Crippen LogP contribution in [-0.2, 0) is 11.2 Å². The number of rotatable bonds is 4. The Morgan fingerprint density at radius 1 is 1.47 bits per heavy atom. The first kappa shape index (κ1) is 10.1. The van der Waals surface area contributed by atoms with Gasteiger partial charge in [0.2, 0.25) is 0 Å². The van der Waals surface area contributed by atoms with E-state index in [1.165, 1.54) is 12.1 Å². The molecule has 1 aromatic heterocycles. The maximum absolute atomic E-state index is 12.9. The third kappa shape index (κ3) is 2.33. The number of aromatic nitrogens is 2. The van der Waals surface area contributed by atoms with Gasteiger partial charge in [-0.05, 0) is 24.6 Å². The molecule has 0 aliphatic carbocycles. The van der Waals surface area contributed by atoms with Crippen LogP contribution in [0, 0.1) is 5.82 Å². The van der Waals surface area contributed by atoms with Gasteiger partial charge in [-0.1, -0.05) is 0 Å². The van der Waals surface area contributed by atoms with Crippen LogP contribution < -0.4 is 0 Å². The average Bonchev–Trinajstić information content (AvgIpc) is 2.60. The molecule has 3 nitrogen and oxygen atoms in total. The second-order valence-corrected chi connectivity index (χ2v) is 3.44. The largest absolute Gasteiger partial charge is 0.385 e. The quantitative estimate of drug-likeness (QED) is 0.783. The lowest BCUT2D eigenvalue weighted by atomic mass is 10.3. The third-order valence-electron chi connectivity index (χ3n) is 2.26. The molecular formula is C11H13FN2O. The molecule has 0 aliphatic rings. The van der Waals surface area contributed by atoms with Crippen LogP contribution in [0.2, 0.25) is 0 Å². The van der Waals surface area contributed by atoms with E-state index in [9.17, 15) is 4.39 Å². The van der Waals surface area contributed by atoms with Gasteiger partial charge in [0.05, 0.1) is 11.0 Å². The van der Waals surface area contributed by atoms with E-state index in [0.717, 1.165) is 29.7 Å². The van der Waals surface area contributed by atoms with Crippen LogP contribution in [0.25, 0.3) is 11.0 Å². The molecule has 0 atom stereocenters. The maximum atomic E-state index is 12.9. The van der Waals surface area contributed by atoms with Gasteiger partial charge in [0.1, 0.15) is 11.6 Å². The summed E-state index contributed by atoms with van der Waals surface area (Å²) in [6, 6.07) is 4.56. The molecular weight excluding hydrogens is 195 g/mol. The number of ether oxygens (including phenoxy) is 1. The Balaban J connectivity index is 2.16. The summed E-state index contributed by atoms with van der Waals surface area (Å²) in [5.74, 6) is 0.641. The predicted octanol–water partition coefficient (Wildman–Crippen LogP) is 2.28. The SMILES string of the molecule is COCCCc1nc2ccc(F)cc2[nH]1. The lowest BCUT2D eigenvalue weighted by Gasteiger charge is -1.95. The van der Waals surface area contributed by atoms with E-state index in [1.54, 1.807) is 13.2 Å². The Morgan fingerprint density at radius 2 is 2.33 bits per heavy atom. The highest BCUT2D eigenvalue weighted by Gasteiger charge is 2.03. The molecule has 1 heterocycles. The first-order valence-electron chi connectivity index (χ1n) is 4.92. The second-order valence-electron chi connectivity index (χ2n) is 3.44. The highest BCUT2D eigenvalue weighted by molar-refractivity contribution is 5.74. The molecule has 0 aliphatic heterocycles. The number of fused-ring (bicyclic) bond motifs is 1. The molecule has 15 heavy (non-hydrogen) atoms. The normalized spacial score (nSPS) is 11.1. The zero-order valence-electron chi connectivity index (χ0n) is 8.59. The topological polar surface area (TPSA) is 37.9 Å². The van der Waals surface area contributed by atoms with Crippen molar-refractivity contribution in [2.24, 2.45) is 0 Å². The second kappa shape index (κ2) is 4.40. The standard InChI is InChI=1S/C11H13FN2O/c1-15-6-2-3-11-13-9-5-4-8(12)7-10(9)14-11/h4-5,7H,2-3,6H2,1H3,(H,13,14). The summed E-state index contributed by atoms with van der Waals surface area (Å²) < 4.78 is 17.8. The number of aryl methyl sites for hydroxylation is 1. The number of H-pyrrole nitrogens is 1. The van der Waals surface area contributed by atoms with Crippen molar-refractivity contribution in [1.29, 1.82) is 0 Å². The summed E-state index contributed by atoms with van der Waals surface area (Å²) in [6.07, 6.45) is 1.74. The molecule has 0 amide bonds. The fraction of sp³-hybridized carbons (Fsp3) is 0.364. The highest BCUT2D eigenvalue weighted by atomic mass is 19.1. The fourth-order valence-corrected chi connectivity index (χ4v) is 1.54. The van der Waals surface area contributed by atoms with Crippen LogP contribution in [0.15, 0.2) is 18.2 Å². The molecule has 0 saturated heterocycles. The lowest BCUT2D eigenvalue weighted by Crippen LogP contribution is -1.93. The van der Waals surface area contributed by atoms with Gasteiger partial charge in [0.15, 0.2) is 0 Å². The molecule has 4 heteroatoms. The summed E-state index contributed by atoms with van der Waals surface area (Å²) in [4.78, 5) is 7.44. The van der Waals surface area contributed by atoms with Crippen LogP contribution in [0.4, 0.5) is 4.39 Å². The van der Waals surface area contributed by atoms with Crippen molar-refractivity contribution in [2.45, 2.75) is 12.8 Å². The van der Waals surface area contributed by atoms with Crippen LogP contribution in [0.5, 0.6) is 0 Å². The van der Waals surface area contributed by atoms with Gasteiger partial charge >= 0.3 is 0 Å². The van der Waals surface area contributed by atoms with E-state index >= 15 is 0 Å². The number of aromatic amines is 1. The van der Waals surface area contributed by atoms with E-state index in [-0.39, 0.29) is 5.82 Å². The van der Waals surface area contributed by atoms with E-state index < -0.39 is 0 Å². The highest BCUT2D eigenvalue weighted by Crippen LogP contribution is 2.13. The van der Waals surface area contributed by atoms with E-state index in [4.69, 9.17) is 4.74 Å². The summed E-state index contributed by atoms with van der Waals surface area (Å²) in [6.45, 7) is 0.714. The minimum Gasteiger partial charge on any atom is -0.385 e. The maximum Gasteiger partial charge on any atom is 0.125 e. The van der Waals surface area contributed by atoms with Crippen molar-refractivity contribution in [2.75, 3.05) is 13.7 Å². The van der Waals surface area contributed by atoms with Gasteiger partial charge in [-0.3, -0.25) is 0 Å². The number of hydrogen-bond acceptors (Lipinski definition) is 2. The summed E-state index contributed by atoms with van der Waals surface area (Å²) in [5.41, 5.74) is 1.56. The summed E-state index contributed by atoms with van der Waals surface area (Å²) in [7, 11) is 1.67. The first-order chi connectivity index (χ1) is 7.29. The van der Waals surface area contributed by atoms with E-state index in [2.05, 4.69) is 9.97 Å². The zero-order valence-corrected chi connectivity index (χ0v) is 8.59. The monoisotopic (exact) mass is 208 g/mol. The predicted molar refractivity (Wildman–Crippen MR) is 56.2 cm³/mol. The van der Waals surface area contributed by atoms with Crippen LogP contribution in [0.1, 0.15) is 12.2 Å². The van der Waals surface area contributed by atoms with Crippen LogP contribution in [-0.4, -0.2) is 23.7 Å². The molecule has 1 aromatic carbocycles. The smallest absolute Gasteiger partial charge is 0.125 e. The molecule has 0 radical (unpaired) electrons. The van der Waals surface area contributed by atoms with Crippen molar-refractivity contribution >= 4 is 11.0 Å². The number of nitrogens with zero attached hydrogens (tertiary/aromatic N) is 1. The Hall–Kier alpha value is -1.42. The van der Waals surface area contributed by atoms with Gasteiger partial charge in [-0.25, -0.2) is 9.37 Å². The van der Waals surface area contributed by atoms with Crippen molar-refractivity contribution in [1.82, 2.24) is 9.97 Å². The molecule has 0 fully saturated rings. The Morgan fingerprint density at radius 3 is 3.13 bits per heavy atom. The number of hydrogen-bond donors (Lipinski definition) is 1. The van der Waals surface area contributed by atoms with Gasteiger partial charge in [0, 0.05) is 20.1 Å². The molecule has 2 aromatic rings. The van der Waals surface area contributed by atoms with Crippen LogP contribution >= 0.6 is 0 Å². The number of halogens is 1. The number of methoxy groups -OCH3 is 1. The molecule has 80 valence electrons. The fourth-order valence-electron chi connectivity index (χ4n) is 1.54. The van der Waals surface area contributed by atoms with Crippen molar-refractivity contribution in [3.8, 4) is 0 Å². The van der Waals surface area contributed by atoms with Crippen LogP contribution in [0.3, 0.4) is 0 Å². The minimum atomic E-state index is -0.241. The number of imidazole rings is 1. The van der Waals surface area contributed by atoms with Gasteiger partial charge in [-0.2, -0.15) is 0 Å². The summed E-state index contributed by atoms with van der Waals surface area (Å²) >= 11 is 0. The van der Waals surface area contributed by atoms with Gasteiger partial charge < -0.3 is 9.72 Å². The molecule has 0 saturated carbocycles. The first-order valence-corrected chi connectivity index (χ1v) is 4.92. The Labute approximate surface area is 87.3 Å². The molecule has 2 rings (SSSR count). The van der Waals surface area contributed by atoms with Crippen molar-refractivity contribution < 1.29 is 9.13 Å². The molecule has 0 bridgehead atoms. The zero-order chi connectivity index (χ0) is 10.7. The Kier molecular flexibility index (Phi) is 2.97. The molecule has 0 spiro atoms. The van der Waals surface area contributed by atoms with Gasteiger partial charge in [-0.15, -0.1) is 0 Å². The molecule has 0 unspecified atom stereocenters. The average molecular weight is 208 g/mol. The minimum absolute atomic E-state index is 0.241. The van der Waals surface area contributed by atoms with Crippen molar-refractivity contribution in [3.05, 3.63) is 29.8 Å². The lowest BCUT2D eigenvalue weighted by molar-refractivity contribution is 0.194. The van der Waals surface area contributed by atoms with E-state index in [1.807, 2.05) is 0 Å². The Bertz CT molecular complexity index is 453.